The van der Waals surface area contributed by atoms with Gasteiger partial charge in [0.05, 0.1) is 18.2 Å². The minimum Gasteiger partial charge on any atom is -0.475 e. The van der Waals surface area contributed by atoms with Gasteiger partial charge in [0.1, 0.15) is 0 Å². The Bertz CT molecular complexity index is 851. The number of hydrogen-bond donors (Lipinski definition) is 2. The topological polar surface area (TPSA) is 87.5 Å². The first-order valence-electron chi connectivity index (χ1n) is 8.91. The van der Waals surface area contributed by atoms with Crippen LogP contribution in [0.2, 0.25) is 0 Å². The predicted octanol–water partition coefficient (Wildman–Crippen LogP) is 2.52. The van der Waals surface area contributed by atoms with Crippen LogP contribution in [0.1, 0.15) is 29.3 Å². The van der Waals surface area contributed by atoms with Gasteiger partial charge in [-0.2, -0.15) is 18.3 Å². The van der Waals surface area contributed by atoms with Crippen molar-refractivity contribution in [2.24, 2.45) is 0 Å². The Balaban J connectivity index is 0.000000370. The number of rotatable bonds is 4. The molecule has 7 nitrogen and oxygen atoms in total. The number of carbonyl (C=O) groups is 2. The molecular formula is C19H23F3N4O3. The number of alkyl halides is 3. The molecule has 158 valence electrons. The molecule has 2 aromatic rings. The Morgan fingerprint density at radius 3 is 2.52 bits per heavy atom. The van der Waals surface area contributed by atoms with Crippen molar-refractivity contribution in [1.29, 1.82) is 0 Å². The number of carboxylic acids is 1. The van der Waals surface area contributed by atoms with E-state index < -0.39 is 12.1 Å². The highest BCUT2D eigenvalue weighted by Crippen LogP contribution is 2.25. The summed E-state index contributed by atoms with van der Waals surface area (Å²) in [6.07, 6.45) is -2.79. The Labute approximate surface area is 166 Å². The molecule has 0 saturated heterocycles. The summed E-state index contributed by atoms with van der Waals surface area (Å²) in [4.78, 5) is 23.1. The average Bonchev–Trinajstić information content (AvgIpc) is 3.12. The van der Waals surface area contributed by atoms with Crippen molar-refractivity contribution < 1.29 is 27.9 Å². The van der Waals surface area contributed by atoms with Gasteiger partial charge in [0.25, 0.3) is 0 Å². The Morgan fingerprint density at radius 1 is 1.28 bits per heavy atom. The monoisotopic (exact) mass is 412 g/mol. The zero-order chi connectivity index (χ0) is 21.6. The number of aliphatic carboxylic acids is 1. The Kier molecular flexibility index (Phi) is 7.38. The second-order valence-corrected chi connectivity index (χ2v) is 6.70. The van der Waals surface area contributed by atoms with Crippen LogP contribution in [-0.2, 0) is 22.7 Å². The molecule has 0 spiro atoms. The fourth-order valence-electron chi connectivity index (χ4n) is 3.08. The first-order valence-corrected chi connectivity index (χ1v) is 8.91. The molecule has 0 fully saturated rings. The van der Waals surface area contributed by atoms with E-state index in [-0.39, 0.29) is 11.9 Å². The van der Waals surface area contributed by atoms with E-state index in [1.54, 1.807) is 7.05 Å². The maximum atomic E-state index is 11.8. The zero-order valence-electron chi connectivity index (χ0n) is 16.1. The lowest BCUT2D eigenvalue weighted by Crippen LogP contribution is -2.39. The number of fused-ring (bicyclic) bond motifs is 1. The molecule has 1 aliphatic rings. The summed E-state index contributed by atoms with van der Waals surface area (Å²) in [5.74, 6) is -2.70. The van der Waals surface area contributed by atoms with Crippen LogP contribution in [0.15, 0.2) is 36.5 Å². The summed E-state index contributed by atoms with van der Waals surface area (Å²) in [5, 5.41) is 14.2. The SMILES string of the molecule is CNC(=O)CC1CN(Cc2ccccc2C)Cc2ccnn21.O=C(O)C(F)(F)F. The molecule has 10 heteroatoms. The third kappa shape index (κ3) is 6.31. The Hall–Kier alpha value is -2.88. The first-order chi connectivity index (χ1) is 13.6. The van der Waals surface area contributed by atoms with Crippen LogP contribution in [0.4, 0.5) is 13.2 Å². The summed E-state index contributed by atoms with van der Waals surface area (Å²) >= 11 is 0. The lowest BCUT2D eigenvalue weighted by atomic mass is 10.1. The predicted molar refractivity (Wildman–Crippen MR) is 98.9 cm³/mol. The van der Waals surface area contributed by atoms with Crippen molar-refractivity contribution in [3.63, 3.8) is 0 Å². The van der Waals surface area contributed by atoms with Gasteiger partial charge in [-0.3, -0.25) is 14.4 Å². The van der Waals surface area contributed by atoms with Crippen LogP contribution in [0.25, 0.3) is 0 Å². The molecule has 29 heavy (non-hydrogen) atoms. The molecular weight excluding hydrogens is 389 g/mol. The second kappa shape index (κ2) is 9.55. The molecule has 2 heterocycles. The van der Waals surface area contributed by atoms with Gasteiger partial charge in [-0.05, 0) is 24.1 Å². The number of nitrogens with one attached hydrogen (secondary N) is 1. The van der Waals surface area contributed by atoms with E-state index in [1.165, 1.54) is 16.8 Å². The van der Waals surface area contributed by atoms with Crippen molar-refractivity contribution in [2.45, 2.75) is 38.7 Å². The normalized spacial score (nSPS) is 16.4. The number of carboxylic acid groups (broad SMARTS) is 1. The fourth-order valence-corrected chi connectivity index (χ4v) is 3.08. The van der Waals surface area contributed by atoms with E-state index >= 15 is 0 Å². The molecule has 3 rings (SSSR count). The lowest BCUT2D eigenvalue weighted by molar-refractivity contribution is -0.192. The van der Waals surface area contributed by atoms with Gasteiger partial charge in [-0.25, -0.2) is 4.79 Å². The maximum Gasteiger partial charge on any atom is 0.490 e. The van der Waals surface area contributed by atoms with Crippen molar-refractivity contribution in [1.82, 2.24) is 20.0 Å². The minimum absolute atomic E-state index is 0.0594. The highest BCUT2D eigenvalue weighted by molar-refractivity contribution is 5.76. The number of nitrogens with zero attached hydrogens (tertiary/aromatic N) is 3. The molecule has 0 radical (unpaired) electrons. The van der Waals surface area contributed by atoms with Crippen LogP contribution in [0, 0.1) is 6.92 Å². The molecule has 1 aromatic heterocycles. The fraction of sp³-hybridized carbons (Fsp3) is 0.421. The largest absolute Gasteiger partial charge is 0.490 e. The summed E-state index contributed by atoms with van der Waals surface area (Å²) in [6, 6.07) is 10.6. The first kappa shape index (κ1) is 22.4. The number of aromatic nitrogens is 2. The molecule has 1 amide bonds. The van der Waals surface area contributed by atoms with Gasteiger partial charge in [-0.1, -0.05) is 24.3 Å². The van der Waals surface area contributed by atoms with E-state index in [0.717, 1.165) is 19.6 Å². The quantitative estimate of drug-likeness (QED) is 0.806. The van der Waals surface area contributed by atoms with Crippen LogP contribution in [0.5, 0.6) is 0 Å². The van der Waals surface area contributed by atoms with Crippen molar-refractivity contribution in [2.75, 3.05) is 13.6 Å². The van der Waals surface area contributed by atoms with Crippen molar-refractivity contribution >= 4 is 11.9 Å². The number of carbonyl (C=O) groups excluding carboxylic acids is 1. The molecule has 0 bridgehead atoms. The highest BCUT2D eigenvalue weighted by Gasteiger charge is 2.38. The van der Waals surface area contributed by atoms with E-state index in [4.69, 9.17) is 9.90 Å². The summed E-state index contributed by atoms with van der Waals surface area (Å²) in [7, 11) is 1.68. The zero-order valence-corrected chi connectivity index (χ0v) is 16.1. The van der Waals surface area contributed by atoms with Crippen LogP contribution in [-0.4, -0.2) is 51.4 Å². The molecule has 2 N–H and O–H groups in total. The molecule has 0 saturated carbocycles. The van der Waals surface area contributed by atoms with Crippen LogP contribution >= 0.6 is 0 Å². The standard InChI is InChI=1S/C17H22N4O.C2HF3O2/c1-13-5-3-4-6-14(13)10-20-11-15-7-8-19-21(15)16(12-20)9-17(22)18-2;3-2(4,5)1(6)7/h3-8,16H,9-12H2,1-2H3,(H,18,22);(H,6,7). The lowest BCUT2D eigenvalue weighted by Gasteiger charge is -2.34. The number of halogens is 3. The molecule has 1 unspecified atom stereocenters. The van der Waals surface area contributed by atoms with Gasteiger partial charge in [0.2, 0.25) is 5.91 Å². The third-order valence-corrected chi connectivity index (χ3v) is 4.55. The van der Waals surface area contributed by atoms with Gasteiger partial charge < -0.3 is 10.4 Å². The molecule has 1 aliphatic heterocycles. The number of aryl methyl sites for hydroxylation is 1. The van der Waals surface area contributed by atoms with E-state index in [0.29, 0.717) is 6.42 Å². The molecule has 1 aromatic carbocycles. The number of amides is 1. The highest BCUT2D eigenvalue weighted by atomic mass is 19.4. The van der Waals surface area contributed by atoms with Crippen LogP contribution in [0.3, 0.4) is 0 Å². The molecule has 0 aliphatic carbocycles. The number of hydrogen-bond acceptors (Lipinski definition) is 4. The average molecular weight is 412 g/mol. The number of benzene rings is 1. The maximum absolute atomic E-state index is 11.8. The van der Waals surface area contributed by atoms with E-state index in [9.17, 15) is 18.0 Å². The molecule has 1 atom stereocenters. The minimum atomic E-state index is -5.08. The third-order valence-electron chi connectivity index (χ3n) is 4.55. The second-order valence-electron chi connectivity index (χ2n) is 6.70. The van der Waals surface area contributed by atoms with Gasteiger partial charge in [-0.15, -0.1) is 0 Å². The Morgan fingerprint density at radius 2 is 1.93 bits per heavy atom. The van der Waals surface area contributed by atoms with Crippen molar-refractivity contribution in [3.8, 4) is 0 Å². The summed E-state index contributed by atoms with van der Waals surface area (Å²) in [6.45, 7) is 4.77. The van der Waals surface area contributed by atoms with Gasteiger partial charge in [0, 0.05) is 32.9 Å². The van der Waals surface area contributed by atoms with Crippen molar-refractivity contribution in [3.05, 3.63) is 53.3 Å². The van der Waals surface area contributed by atoms with Gasteiger partial charge in [0.15, 0.2) is 0 Å². The van der Waals surface area contributed by atoms with E-state index in [2.05, 4.69) is 46.5 Å². The smallest absolute Gasteiger partial charge is 0.475 e. The van der Waals surface area contributed by atoms with Crippen LogP contribution < -0.4 is 5.32 Å². The summed E-state index contributed by atoms with van der Waals surface area (Å²) < 4.78 is 33.7. The summed E-state index contributed by atoms with van der Waals surface area (Å²) in [5.41, 5.74) is 3.83. The van der Waals surface area contributed by atoms with E-state index in [1.807, 2.05) is 16.9 Å². The van der Waals surface area contributed by atoms with Gasteiger partial charge >= 0.3 is 12.1 Å².